The van der Waals surface area contributed by atoms with Gasteiger partial charge in [0.2, 0.25) is 5.95 Å². The van der Waals surface area contributed by atoms with Gasteiger partial charge in [-0.15, -0.1) is 5.10 Å². The van der Waals surface area contributed by atoms with Gasteiger partial charge in [-0.1, -0.05) is 18.2 Å². The van der Waals surface area contributed by atoms with E-state index in [1.807, 2.05) is 19.9 Å². The summed E-state index contributed by atoms with van der Waals surface area (Å²) in [5, 5.41) is 14.3. The third-order valence-electron chi connectivity index (χ3n) is 2.71. The number of para-hydroxylation sites is 1. The zero-order valence-electron chi connectivity index (χ0n) is 11.7. The summed E-state index contributed by atoms with van der Waals surface area (Å²) >= 11 is 0. The Bertz CT molecular complexity index is 545. The van der Waals surface area contributed by atoms with Crippen molar-refractivity contribution in [2.75, 3.05) is 10.6 Å². The van der Waals surface area contributed by atoms with Crippen molar-refractivity contribution in [3.63, 3.8) is 0 Å². The first-order chi connectivity index (χ1) is 9.06. The van der Waals surface area contributed by atoms with Crippen molar-refractivity contribution in [2.24, 2.45) is 0 Å². The van der Waals surface area contributed by atoms with E-state index in [0.717, 1.165) is 5.69 Å². The lowest BCUT2D eigenvalue weighted by atomic mass is 10.1. The second-order valence-electron chi connectivity index (χ2n) is 4.86. The van der Waals surface area contributed by atoms with Crippen LogP contribution in [0.2, 0.25) is 0 Å². The molecule has 0 radical (unpaired) electrons. The Morgan fingerprint density at radius 3 is 2.42 bits per heavy atom. The van der Waals surface area contributed by atoms with Crippen LogP contribution in [0, 0.1) is 13.8 Å². The van der Waals surface area contributed by atoms with Crippen molar-refractivity contribution in [1.29, 1.82) is 0 Å². The fourth-order valence-electron chi connectivity index (χ4n) is 1.82. The number of hydrogen-bond acceptors (Lipinski definition) is 5. The molecular formula is C14H19N5. The van der Waals surface area contributed by atoms with Gasteiger partial charge < -0.3 is 10.6 Å². The molecule has 2 aromatic rings. The van der Waals surface area contributed by atoms with Crippen LogP contribution in [0.1, 0.15) is 25.0 Å². The Balaban J connectivity index is 2.24. The lowest BCUT2D eigenvalue weighted by Crippen LogP contribution is -2.13. The summed E-state index contributed by atoms with van der Waals surface area (Å²) in [6.07, 6.45) is 1.62. The highest BCUT2D eigenvalue weighted by atomic mass is 15.3. The number of benzene rings is 1. The Morgan fingerprint density at radius 1 is 1.11 bits per heavy atom. The summed E-state index contributed by atoms with van der Waals surface area (Å²) in [5.74, 6) is 1.22. The van der Waals surface area contributed by atoms with Crippen molar-refractivity contribution in [2.45, 2.75) is 33.7 Å². The zero-order valence-corrected chi connectivity index (χ0v) is 11.7. The summed E-state index contributed by atoms with van der Waals surface area (Å²) in [4.78, 5) is 4.39. The Labute approximate surface area is 113 Å². The Hall–Kier alpha value is -2.17. The molecule has 0 aliphatic heterocycles. The van der Waals surface area contributed by atoms with Gasteiger partial charge >= 0.3 is 0 Å². The van der Waals surface area contributed by atoms with E-state index in [-0.39, 0.29) is 6.04 Å². The average Bonchev–Trinajstić information content (AvgIpc) is 2.34. The minimum Gasteiger partial charge on any atom is -0.351 e. The first kappa shape index (κ1) is 13.3. The highest BCUT2D eigenvalue weighted by molar-refractivity contribution is 5.64. The topological polar surface area (TPSA) is 62.7 Å². The number of rotatable bonds is 4. The molecule has 0 saturated heterocycles. The fourth-order valence-corrected chi connectivity index (χ4v) is 1.82. The van der Waals surface area contributed by atoms with E-state index in [1.165, 1.54) is 11.1 Å². The molecule has 19 heavy (non-hydrogen) atoms. The first-order valence-corrected chi connectivity index (χ1v) is 6.36. The molecule has 1 aromatic heterocycles. The maximum atomic E-state index is 4.39. The van der Waals surface area contributed by atoms with Gasteiger partial charge in [0.05, 0.1) is 6.20 Å². The molecule has 2 rings (SSSR count). The maximum Gasteiger partial charge on any atom is 0.244 e. The molecule has 0 bridgehead atoms. The van der Waals surface area contributed by atoms with Crippen molar-refractivity contribution < 1.29 is 0 Å². The van der Waals surface area contributed by atoms with E-state index >= 15 is 0 Å². The van der Waals surface area contributed by atoms with Gasteiger partial charge in [-0.3, -0.25) is 0 Å². The second-order valence-corrected chi connectivity index (χ2v) is 4.86. The van der Waals surface area contributed by atoms with Gasteiger partial charge in [-0.25, -0.2) is 0 Å². The van der Waals surface area contributed by atoms with E-state index in [0.29, 0.717) is 11.8 Å². The standard InChI is InChI=1S/C14H19N5/c1-9(2)16-14-18-12(8-15-19-14)17-13-10(3)6-5-7-11(13)4/h5-9H,1-4H3,(H2,16,17,18,19). The minimum absolute atomic E-state index is 0.275. The van der Waals surface area contributed by atoms with Gasteiger partial charge in [0.25, 0.3) is 0 Å². The highest BCUT2D eigenvalue weighted by Crippen LogP contribution is 2.23. The van der Waals surface area contributed by atoms with Crippen LogP contribution in [0.5, 0.6) is 0 Å². The molecule has 1 aromatic carbocycles. The van der Waals surface area contributed by atoms with E-state index in [9.17, 15) is 0 Å². The number of nitrogens with one attached hydrogen (secondary N) is 2. The van der Waals surface area contributed by atoms with Crippen molar-refractivity contribution >= 4 is 17.5 Å². The van der Waals surface area contributed by atoms with E-state index in [1.54, 1.807) is 6.20 Å². The molecule has 0 spiro atoms. The van der Waals surface area contributed by atoms with Crippen LogP contribution < -0.4 is 10.6 Å². The van der Waals surface area contributed by atoms with Crippen molar-refractivity contribution in [1.82, 2.24) is 15.2 Å². The maximum absolute atomic E-state index is 4.39. The molecule has 1 heterocycles. The molecule has 0 unspecified atom stereocenters. The van der Waals surface area contributed by atoms with Crippen LogP contribution in [0.15, 0.2) is 24.4 Å². The first-order valence-electron chi connectivity index (χ1n) is 6.36. The predicted molar refractivity (Wildman–Crippen MR) is 77.8 cm³/mol. The summed E-state index contributed by atoms with van der Waals surface area (Å²) in [7, 11) is 0. The van der Waals surface area contributed by atoms with E-state index in [2.05, 4.69) is 51.8 Å². The molecular weight excluding hydrogens is 238 g/mol. The van der Waals surface area contributed by atoms with Crippen LogP contribution in [0.25, 0.3) is 0 Å². The zero-order chi connectivity index (χ0) is 13.8. The minimum atomic E-state index is 0.275. The molecule has 0 atom stereocenters. The Kier molecular flexibility index (Phi) is 3.94. The summed E-state index contributed by atoms with van der Waals surface area (Å²) in [6.45, 7) is 8.21. The SMILES string of the molecule is Cc1cccc(C)c1Nc1cnnc(NC(C)C)n1. The normalized spacial score (nSPS) is 10.6. The third-order valence-corrected chi connectivity index (χ3v) is 2.71. The van der Waals surface area contributed by atoms with E-state index < -0.39 is 0 Å². The molecule has 2 N–H and O–H groups in total. The molecule has 0 amide bonds. The van der Waals surface area contributed by atoms with Gasteiger partial charge in [-0.2, -0.15) is 10.1 Å². The average molecular weight is 257 g/mol. The molecule has 0 saturated carbocycles. The largest absolute Gasteiger partial charge is 0.351 e. The molecule has 5 nitrogen and oxygen atoms in total. The quantitative estimate of drug-likeness (QED) is 0.881. The number of nitrogens with zero attached hydrogens (tertiary/aromatic N) is 3. The molecule has 0 fully saturated rings. The van der Waals surface area contributed by atoms with E-state index in [4.69, 9.17) is 0 Å². The summed E-state index contributed by atoms with van der Waals surface area (Å²) in [6, 6.07) is 6.45. The van der Waals surface area contributed by atoms with Crippen LogP contribution >= 0.6 is 0 Å². The summed E-state index contributed by atoms with van der Waals surface area (Å²) < 4.78 is 0. The fraction of sp³-hybridized carbons (Fsp3) is 0.357. The third kappa shape index (κ3) is 3.40. The number of hydrogen-bond donors (Lipinski definition) is 2. The van der Waals surface area contributed by atoms with Crippen LogP contribution in [-0.2, 0) is 0 Å². The van der Waals surface area contributed by atoms with Crippen LogP contribution in [0.4, 0.5) is 17.5 Å². The van der Waals surface area contributed by atoms with Crippen LogP contribution in [-0.4, -0.2) is 21.2 Å². The van der Waals surface area contributed by atoms with Gasteiger partial charge in [-0.05, 0) is 38.8 Å². The smallest absolute Gasteiger partial charge is 0.244 e. The highest BCUT2D eigenvalue weighted by Gasteiger charge is 2.05. The number of aromatic nitrogens is 3. The number of anilines is 3. The van der Waals surface area contributed by atoms with Gasteiger partial charge in [0.15, 0.2) is 5.82 Å². The molecule has 0 aliphatic carbocycles. The molecule has 5 heteroatoms. The predicted octanol–water partition coefficient (Wildman–Crippen LogP) is 3.05. The summed E-state index contributed by atoms with van der Waals surface area (Å²) in [5.41, 5.74) is 3.42. The van der Waals surface area contributed by atoms with Crippen molar-refractivity contribution in [3.05, 3.63) is 35.5 Å². The number of aryl methyl sites for hydroxylation is 2. The van der Waals surface area contributed by atoms with Gasteiger partial charge in [0, 0.05) is 11.7 Å². The Morgan fingerprint density at radius 2 is 1.79 bits per heavy atom. The molecule has 0 aliphatic rings. The van der Waals surface area contributed by atoms with Crippen molar-refractivity contribution in [3.8, 4) is 0 Å². The second kappa shape index (κ2) is 5.65. The molecule has 100 valence electrons. The van der Waals surface area contributed by atoms with Gasteiger partial charge in [0.1, 0.15) is 0 Å². The van der Waals surface area contributed by atoms with Crippen LogP contribution in [0.3, 0.4) is 0 Å². The monoisotopic (exact) mass is 257 g/mol. The lowest BCUT2D eigenvalue weighted by molar-refractivity contribution is 0.852. The lowest BCUT2D eigenvalue weighted by Gasteiger charge is -2.13.